The Labute approximate surface area is 128 Å². The fraction of sp³-hybridized carbons (Fsp3) is 0.467. The fourth-order valence-electron chi connectivity index (χ4n) is 2.01. The van der Waals surface area contributed by atoms with Gasteiger partial charge in [-0.2, -0.15) is 0 Å². The minimum Gasteiger partial charge on any atom is -0.449 e. The summed E-state index contributed by atoms with van der Waals surface area (Å²) in [6.07, 6.45) is -0.00282. The third-order valence-electron chi connectivity index (χ3n) is 3.25. The lowest BCUT2D eigenvalue weighted by atomic mass is 10.2. The summed E-state index contributed by atoms with van der Waals surface area (Å²) in [5, 5.41) is 10.7. The number of carbonyl (C=O) groups is 2. The van der Waals surface area contributed by atoms with Crippen molar-refractivity contribution in [1.29, 1.82) is 0 Å². The highest BCUT2D eigenvalue weighted by Crippen LogP contribution is 2.14. The molecule has 0 fully saturated rings. The monoisotopic (exact) mass is 304 g/mol. The molecule has 0 aliphatic rings. The highest BCUT2D eigenvalue weighted by atomic mass is 16.5. The number of carbonyl (C=O) groups excluding carboxylic acids is 2. The lowest BCUT2D eigenvalue weighted by molar-refractivity contribution is -0.129. The first-order valence-electron chi connectivity index (χ1n) is 7.38. The second kappa shape index (κ2) is 7.02. The molecule has 2 rings (SSSR count). The minimum absolute atomic E-state index is 0.298. The zero-order valence-electron chi connectivity index (χ0n) is 13.0. The van der Waals surface area contributed by atoms with Crippen LogP contribution < -0.4 is 5.32 Å². The van der Waals surface area contributed by atoms with Crippen molar-refractivity contribution in [2.24, 2.45) is 0 Å². The Morgan fingerprint density at radius 1 is 1.36 bits per heavy atom. The summed E-state index contributed by atoms with van der Waals surface area (Å²) in [6.45, 7) is 6.74. The van der Waals surface area contributed by atoms with E-state index in [0.29, 0.717) is 24.2 Å². The van der Waals surface area contributed by atoms with Gasteiger partial charge in [0.25, 0.3) is 5.91 Å². The third kappa shape index (κ3) is 3.41. The zero-order valence-corrected chi connectivity index (χ0v) is 13.0. The Kier molecular flexibility index (Phi) is 5.08. The molecule has 0 saturated carbocycles. The molecule has 1 aromatic heterocycles. The van der Waals surface area contributed by atoms with Crippen LogP contribution in [0.25, 0.3) is 11.0 Å². The van der Waals surface area contributed by atoms with Crippen LogP contribution in [0.5, 0.6) is 0 Å². The summed E-state index contributed by atoms with van der Waals surface area (Å²) in [5.74, 6) is -0.847. The van der Waals surface area contributed by atoms with E-state index in [2.05, 4.69) is 15.6 Å². The second-order valence-electron chi connectivity index (χ2n) is 4.95. The van der Waals surface area contributed by atoms with Crippen LogP contribution >= 0.6 is 0 Å². The van der Waals surface area contributed by atoms with E-state index in [1.165, 1.54) is 0 Å². The van der Waals surface area contributed by atoms with Gasteiger partial charge in [-0.3, -0.25) is 4.79 Å². The van der Waals surface area contributed by atoms with Gasteiger partial charge in [0, 0.05) is 13.1 Å². The summed E-state index contributed by atoms with van der Waals surface area (Å²) < 4.78 is 6.91. The Bertz CT molecular complexity index is 680. The first-order valence-corrected chi connectivity index (χ1v) is 7.38. The SMILES string of the molecule is CCCNC(=O)[C@@H](C)OC(=O)c1ccc2c(c1)nnn2CC. The predicted octanol–water partition coefficient (Wildman–Crippen LogP) is 1.52. The van der Waals surface area contributed by atoms with Crippen LogP contribution in [-0.2, 0) is 16.1 Å². The van der Waals surface area contributed by atoms with E-state index in [-0.39, 0.29) is 5.91 Å². The number of ether oxygens (including phenoxy) is 1. The number of esters is 1. The molecule has 1 N–H and O–H groups in total. The molecular weight excluding hydrogens is 284 g/mol. The average molecular weight is 304 g/mol. The van der Waals surface area contributed by atoms with Gasteiger partial charge in [-0.15, -0.1) is 5.10 Å². The van der Waals surface area contributed by atoms with Crippen molar-refractivity contribution in [2.45, 2.75) is 39.8 Å². The van der Waals surface area contributed by atoms with E-state index in [9.17, 15) is 9.59 Å². The number of benzene rings is 1. The smallest absolute Gasteiger partial charge is 0.338 e. The number of fused-ring (bicyclic) bond motifs is 1. The van der Waals surface area contributed by atoms with Gasteiger partial charge in [0.15, 0.2) is 6.10 Å². The van der Waals surface area contributed by atoms with Gasteiger partial charge in [-0.1, -0.05) is 12.1 Å². The first-order chi connectivity index (χ1) is 10.6. The van der Waals surface area contributed by atoms with E-state index in [1.807, 2.05) is 13.8 Å². The van der Waals surface area contributed by atoms with Crippen molar-refractivity contribution < 1.29 is 14.3 Å². The average Bonchev–Trinajstić information content (AvgIpc) is 2.94. The van der Waals surface area contributed by atoms with Crippen LogP contribution in [0.3, 0.4) is 0 Å². The van der Waals surface area contributed by atoms with Gasteiger partial charge in [0.1, 0.15) is 5.52 Å². The van der Waals surface area contributed by atoms with Gasteiger partial charge < -0.3 is 10.1 Å². The standard InChI is InChI=1S/C15H20N4O3/c1-4-8-16-14(20)10(3)22-15(21)11-6-7-13-12(9-11)17-18-19(13)5-2/h6-7,9-10H,4-5,8H2,1-3H3,(H,16,20)/t10-/m1/s1. The van der Waals surface area contributed by atoms with Crippen molar-refractivity contribution in [3.8, 4) is 0 Å². The zero-order chi connectivity index (χ0) is 16.1. The molecule has 2 aromatic rings. The molecule has 1 aromatic carbocycles. The number of hydrogen-bond donors (Lipinski definition) is 1. The van der Waals surface area contributed by atoms with Crippen LogP contribution in [0, 0.1) is 0 Å². The molecule has 22 heavy (non-hydrogen) atoms. The molecular formula is C15H20N4O3. The van der Waals surface area contributed by atoms with E-state index < -0.39 is 12.1 Å². The molecule has 0 aliphatic heterocycles. The molecule has 0 unspecified atom stereocenters. The van der Waals surface area contributed by atoms with Crippen LogP contribution in [0.1, 0.15) is 37.6 Å². The molecule has 7 nitrogen and oxygen atoms in total. The van der Waals surface area contributed by atoms with Gasteiger partial charge >= 0.3 is 5.97 Å². The first kappa shape index (κ1) is 15.9. The summed E-state index contributed by atoms with van der Waals surface area (Å²) in [4.78, 5) is 23.8. The Hall–Kier alpha value is -2.44. The predicted molar refractivity (Wildman–Crippen MR) is 81.4 cm³/mol. The highest BCUT2D eigenvalue weighted by Gasteiger charge is 2.19. The van der Waals surface area contributed by atoms with Gasteiger partial charge in [0.2, 0.25) is 0 Å². The number of nitrogens with one attached hydrogen (secondary N) is 1. The van der Waals surface area contributed by atoms with Gasteiger partial charge in [0.05, 0.1) is 11.1 Å². The van der Waals surface area contributed by atoms with Gasteiger partial charge in [-0.05, 0) is 38.5 Å². The third-order valence-corrected chi connectivity index (χ3v) is 3.25. The summed E-state index contributed by atoms with van der Waals surface area (Å²) in [6, 6.07) is 5.04. The Balaban J connectivity index is 2.07. The number of rotatable bonds is 6. The number of hydrogen-bond acceptors (Lipinski definition) is 5. The van der Waals surface area contributed by atoms with E-state index in [0.717, 1.165) is 11.9 Å². The quantitative estimate of drug-likeness (QED) is 0.818. The summed E-state index contributed by atoms with van der Waals surface area (Å²) >= 11 is 0. The van der Waals surface area contributed by atoms with Crippen molar-refractivity contribution in [1.82, 2.24) is 20.3 Å². The minimum atomic E-state index is -0.832. The van der Waals surface area contributed by atoms with Crippen LogP contribution in [0.2, 0.25) is 0 Å². The molecule has 0 bridgehead atoms. The lowest BCUT2D eigenvalue weighted by Crippen LogP contribution is -2.36. The Morgan fingerprint density at radius 3 is 2.82 bits per heavy atom. The molecule has 1 heterocycles. The van der Waals surface area contributed by atoms with Crippen molar-refractivity contribution >= 4 is 22.9 Å². The van der Waals surface area contributed by atoms with Crippen molar-refractivity contribution in [2.75, 3.05) is 6.54 Å². The van der Waals surface area contributed by atoms with E-state index in [4.69, 9.17) is 4.74 Å². The van der Waals surface area contributed by atoms with Crippen LogP contribution in [0.4, 0.5) is 0 Å². The molecule has 1 amide bonds. The maximum atomic E-state index is 12.1. The van der Waals surface area contributed by atoms with Crippen molar-refractivity contribution in [3.05, 3.63) is 23.8 Å². The number of nitrogens with zero attached hydrogens (tertiary/aromatic N) is 3. The fourth-order valence-corrected chi connectivity index (χ4v) is 2.01. The molecule has 0 radical (unpaired) electrons. The van der Waals surface area contributed by atoms with E-state index >= 15 is 0 Å². The second-order valence-corrected chi connectivity index (χ2v) is 4.95. The van der Waals surface area contributed by atoms with Crippen LogP contribution in [-0.4, -0.2) is 39.5 Å². The summed E-state index contributed by atoms with van der Waals surface area (Å²) in [7, 11) is 0. The molecule has 0 saturated heterocycles. The Morgan fingerprint density at radius 2 is 2.14 bits per heavy atom. The number of aromatic nitrogens is 3. The molecule has 0 aliphatic carbocycles. The lowest BCUT2D eigenvalue weighted by Gasteiger charge is -2.13. The number of aryl methyl sites for hydroxylation is 1. The normalized spacial score (nSPS) is 12.1. The largest absolute Gasteiger partial charge is 0.449 e. The van der Waals surface area contributed by atoms with Crippen molar-refractivity contribution in [3.63, 3.8) is 0 Å². The van der Waals surface area contributed by atoms with Gasteiger partial charge in [-0.25, -0.2) is 9.48 Å². The maximum Gasteiger partial charge on any atom is 0.338 e. The highest BCUT2D eigenvalue weighted by molar-refractivity contribution is 5.95. The number of amides is 1. The summed E-state index contributed by atoms with van der Waals surface area (Å²) in [5.41, 5.74) is 1.83. The molecule has 7 heteroatoms. The maximum absolute atomic E-state index is 12.1. The molecule has 0 spiro atoms. The topological polar surface area (TPSA) is 86.1 Å². The molecule has 1 atom stereocenters. The van der Waals surface area contributed by atoms with E-state index in [1.54, 1.807) is 29.8 Å². The molecule has 118 valence electrons. The van der Waals surface area contributed by atoms with Crippen LogP contribution in [0.15, 0.2) is 18.2 Å².